The molecule has 0 aromatic heterocycles. The van der Waals surface area contributed by atoms with Crippen molar-refractivity contribution >= 4 is 0 Å². The van der Waals surface area contributed by atoms with Gasteiger partial charge in [-0.25, -0.2) is 0 Å². The summed E-state index contributed by atoms with van der Waals surface area (Å²) in [6, 6.07) is 12.0. The quantitative estimate of drug-likeness (QED) is 0.737. The molecule has 0 radical (unpaired) electrons. The van der Waals surface area contributed by atoms with Gasteiger partial charge in [0.1, 0.15) is 0 Å². The third kappa shape index (κ3) is 99.6. The first-order valence-electron chi connectivity index (χ1n) is 5.64. The van der Waals surface area contributed by atoms with Crippen molar-refractivity contribution in [3.8, 4) is 0 Å². The molecular formula is C14H28O3. The van der Waals surface area contributed by atoms with E-state index >= 15 is 0 Å². The van der Waals surface area contributed by atoms with Crippen molar-refractivity contribution in [2.24, 2.45) is 0 Å². The lowest BCUT2D eigenvalue weighted by Crippen LogP contribution is -1.85. The Bertz CT molecular complexity index is 148. The van der Waals surface area contributed by atoms with Crippen LogP contribution < -0.4 is 0 Å². The molecule has 0 aliphatic heterocycles. The number of rotatable bonds is 0. The van der Waals surface area contributed by atoms with Crippen LogP contribution in [0.2, 0.25) is 0 Å². The molecule has 0 unspecified atom stereocenters. The molecule has 1 rings (SSSR count). The molecule has 0 atom stereocenters. The van der Waals surface area contributed by atoms with Crippen LogP contribution in [0.4, 0.5) is 0 Å². The van der Waals surface area contributed by atoms with Gasteiger partial charge in [-0.3, -0.25) is 0 Å². The first-order valence-corrected chi connectivity index (χ1v) is 5.64. The average molecular weight is 244 g/mol. The molecule has 3 heteroatoms. The Hall–Kier alpha value is -0.900. The van der Waals surface area contributed by atoms with E-state index in [1.807, 2.05) is 36.4 Å². The molecule has 0 aliphatic carbocycles. The minimum Gasteiger partial charge on any atom is -0.394 e. The van der Waals surface area contributed by atoms with E-state index in [0.717, 1.165) is 0 Å². The molecule has 1 aromatic rings. The van der Waals surface area contributed by atoms with Gasteiger partial charge in [-0.1, -0.05) is 36.4 Å². The fourth-order valence-corrected chi connectivity index (χ4v) is 0.385. The molecular weight excluding hydrogens is 216 g/mol. The zero-order valence-electron chi connectivity index (χ0n) is 11.9. The first kappa shape index (κ1) is 21.4. The molecule has 3 nitrogen and oxygen atoms in total. The number of ether oxygens (including phenoxy) is 1. The fourth-order valence-electron chi connectivity index (χ4n) is 0.385. The Morgan fingerprint density at radius 3 is 0.765 bits per heavy atom. The lowest BCUT2D eigenvalue weighted by atomic mass is 10.4. The van der Waals surface area contributed by atoms with E-state index in [9.17, 15) is 0 Å². The molecule has 0 saturated carbocycles. The summed E-state index contributed by atoms with van der Waals surface area (Å²) in [6.45, 7) is 6.89. The molecule has 0 heterocycles. The highest BCUT2D eigenvalue weighted by atomic mass is 16.4. The van der Waals surface area contributed by atoms with E-state index in [0.29, 0.717) is 0 Å². The Labute approximate surface area is 106 Å². The number of methoxy groups -OCH3 is 1. The van der Waals surface area contributed by atoms with Crippen LogP contribution in [0.25, 0.3) is 0 Å². The zero-order chi connectivity index (χ0) is 14.1. The molecule has 1 aromatic carbocycles. The summed E-state index contributed by atoms with van der Waals surface area (Å²) in [4.78, 5) is 0. The van der Waals surface area contributed by atoms with Crippen molar-refractivity contribution in [3.63, 3.8) is 0 Å². The lowest BCUT2D eigenvalue weighted by Gasteiger charge is -1.80. The van der Waals surface area contributed by atoms with Crippen molar-refractivity contribution in [1.29, 1.82) is 0 Å². The summed E-state index contributed by atoms with van der Waals surface area (Å²) in [5.74, 6) is 0. The molecule has 2 N–H and O–H groups in total. The molecule has 102 valence electrons. The van der Waals surface area contributed by atoms with Crippen molar-refractivity contribution in [1.82, 2.24) is 0 Å². The summed E-state index contributed by atoms with van der Waals surface area (Å²) < 4.78 is 4.25. The van der Waals surface area contributed by atoms with Crippen LogP contribution in [0, 0.1) is 0 Å². The van der Waals surface area contributed by atoms with E-state index in [-0.39, 0.29) is 12.2 Å². The van der Waals surface area contributed by atoms with Gasteiger partial charge in [0.2, 0.25) is 0 Å². The van der Waals surface area contributed by atoms with Gasteiger partial charge in [-0.2, -0.15) is 0 Å². The fraction of sp³-hybridized carbons (Fsp3) is 0.571. The molecule has 0 amide bonds. The molecule has 17 heavy (non-hydrogen) atoms. The van der Waals surface area contributed by atoms with Crippen molar-refractivity contribution in [2.75, 3.05) is 14.2 Å². The monoisotopic (exact) mass is 244 g/mol. The van der Waals surface area contributed by atoms with E-state index in [1.54, 1.807) is 41.9 Å². The Morgan fingerprint density at radius 2 is 0.706 bits per heavy atom. The van der Waals surface area contributed by atoms with Crippen LogP contribution in [-0.2, 0) is 4.74 Å². The van der Waals surface area contributed by atoms with E-state index in [1.165, 1.54) is 0 Å². The maximum atomic E-state index is 8.06. The van der Waals surface area contributed by atoms with Crippen molar-refractivity contribution in [3.05, 3.63) is 36.4 Å². The second-order valence-electron chi connectivity index (χ2n) is 3.75. The van der Waals surface area contributed by atoms with Crippen LogP contribution >= 0.6 is 0 Å². The summed E-state index contributed by atoms with van der Waals surface area (Å²) >= 11 is 0. The van der Waals surface area contributed by atoms with Crippen molar-refractivity contribution in [2.45, 2.75) is 39.9 Å². The second kappa shape index (κ2) is 20.5. The van der Waals surface area contributed by atoms with Crippen LogP contribution in [0.3, 0.4) is 0 Å². The Balaban J connectivity index is -0.000000161. The van der Waals surface area contributed by atoms with Gasteiger partial charge in [0, 0.05) is 26.4 Å². The van der Waals surface area contributed by atoms with Crippen LogP contribution in [0.15, 0.2) is 36.4 Å². The van der Waals surface area contributed by atoms with Gasteiger partial charge in [0.15, 0.2) is 0 Å². The molecule has 0 saturated heterocycles. The van der Waals surface area contributed by atoms with Gasteiger partial charge >= 0.3 is 0 Å². The molecule has 0 bridgehead atoms. The van der Waals surface area contributed by atoms with Gasteiger partial charge in [-0.05, 0) is 27.7 Å². The van der Waals surface area contributed by atoms with Crippen molar-refractivity contribution < 1.29 is 14.9 Å². The summed E-state index contributed by atoms with van der Waals surface area (Å²) in [5.41, 5.74) is 0. The third-order valence-corrected chi connectivity index (χ3v) is 0.667. The summed E-state index contributed by atoms with van der Waals surface area (Å²) in [6.07, 6.45) is -0.333. The molecule has 0 aliphatic rings. The highest BCUT2D eigenvalue weighted by Gasteiger charge is 1.69. The van der Waals surface area contributed by atoms with E-state index < -0.39 is 0 Å². The topological polar surface area (TPSA) is 49.7 Å². The maximum absolute atomic E-state index is 8.06. The predicted molar refractivity (Wildman–Crippen MR) is 74.1 cm³/mol. The standard InChI is InChI=1S/C6H6.2C3H8O.C2H6O/c1-2-4-6-5-3-1;2*1-3(2)4;1-3-2/h1-6H;2*3-4H,1-2H3;1-2H3. The third-order valence-electron chi connectivity index (χ3n) is 0.667. The number of benzene rings is 1. The van der Waals surface area contributed by atoms with Gasteiger partial charge in [0.05, 0.1) is 0 Å². The Morgan fingerprint density at radius 1 is 0.647 bits per heavy atom. The molecule has 0 spiro atoms. The van der Waals surface area contributed by atoms with E-state index in [2.05, 4.69) is 4.74 Å². The number of hydrogen-bond acceptors (Lipinski definition) is 3. The first-order chi connectivity index (χ1) is 7.88. The highest BCUT2D eigenvalue weighted by Crippen LogP contribution is 1.79. The Kier molecular flexibility index (Phi) is 25.8. The van der Waals surface area contributed by atoms with Gasteiger partial charge in [0.25, 0.3) is 0 Å². The largest absolute Gasteiger partial charge is 0.394 e. The second-order valence-corrected chi connectivity index (χ2v) is 3.75. The van der Waals surface area contributed by atoms with Gasteiger partial charge < -0.3 is 14.9 Å². The zero-order valence-corrected chi connectivity index (χ0v) is 11.9. The SMILES string of the molecule is CC(C)O.CC(C)O.COC.c1ccccc1. The van der Waals surface area contributed by atoms with Crippen LogP contribution in [-0.4, -0.2) is 36.6 Å². The minimum absolute atomic E-state index is 0.167. The normalized spacial score (nSPS) is 8.12. The van der Waals surface area contributed by atoms with Crippen LogP contribution in [0.1, 0.15) is 27.7 Å². The van der Waals surface area contributed by atoms with Crippen LogP contribution in [0.5, 0.6) is 0 Å². The maximum Gasteiger partial charge on any atom is 0.0483 e. The number of aliphatic hydroxyl groups is 2. The van der Waals surface area contributed by atoms with Gasteiger partial charge in [-0.15, -0.1) is 0 Å². The summed E-state index contributed by atoms with van der Waals surface area (Å²) in [5, 5.41) is 16.1. The smallest absolute Gasteiger partial charge is 0.0483 e. The van der Waals surface area contributed by atoms with E-state index in [4.69, 9.17) is 10.2 Å². The number of hydrogen-bond donors (Lipinski definition) is 2. The lowest BCUT2D eigenvalue weighted by molar-refractivity contribution is 0.215. The minimum atomic E-state index is -0.167. The summed E-state index contributed by atoms with van der Waals surface area (Å²) in [7, 11) is 3.25. The molecule has 0 fully saturated rings. The number of aliphatic hydroxyl groups excluding tert-OH is 2. The predicted octanol–water partition coefficient (Wildman–Crippen LogP) is 2.72. The highest BCUT2D eigenvalue weighted by molar-refractivity contribution is 4.99. The average Bonchev–Trinajstić information content (AvgIpc) is 2.19.